The van der Waals surface area contributed by atoms with Crippen molar-refractivity contribution in [1.82, 2.24) is 9.78 Å². The number of nitrogens with one attached hydrogen (secondary N) is 1. The number of hydrogen-bond donors (Lipinski definition) is 1. The second kappa shape index (κ2) is 5.65. The topological polar surface area (TPSA) is 97.0 Å². The lowest BCUT2D eigenvalue weighted by Gasteiger charge is -2.05. The monoisotopic (exact) mass is 258 g/mol. The molecule has 0 radical (unpaired) electrons. The Kier molecular flexibility index (Phi) is 4.48. The molecule has 1 N–H and O–H groups in total. The van der Waals surface area contributed by atoms with Crippen molar-refractivity contribution in [1.29, 1.82) is 5.26 Å². The molecule has 1 aromatic heterocycles. The van der Waals surface area contributed by atoms with Crippen LogP contribution >= 0.6 is 0 Å². The highest BCUT2D eigenvalue weighted by Gasteiger charge is 2.15. The maximum Gasteiger partial charge on any atom is 0.234 e. The Bertz CT molecular complexity index is 515. The van der Waals surface area contributed by atoms with Crippen molar-refractivity contribution in [3.05, 3.63) is 11.8 Å². The summed E-state index contributed by atoms with van der Waals surface area (Å²) in [6.07, 6.45) is 1.84. The zero-order valence-electron chi connectivity index (χ0n) is 9.67. The Morgan fingerprint density at radius 2 is 2.35 bits per heavy atom. The van der Waals surface area contributed by atoms with Gasteiger partial charge >= 0.3 is 0 Å². The van der Waals surface area contributed by atoms with Crippen LogP contribution in [0.4, 0.5) is 5.82 Å². The van der Waals surface area contributed by atoms with Crippen LogP contribution in [0.15, 0.2) is 6.20 Å². The molecule has 0 aliphatic rings. The van der Waals surface area contributed by atoms with E-state index in [0.29, 0.717) is 13.0 Å². The first-order chi connectivity index (χ1) is 7.98. The Balaban J connectivity index is 2.73. The molecule has 0 bridgehead atoms. The van der Waals surface area contributed by atoms with Gasteiger partial charge in [-0.2, -0.15) is 10.4 Å². The molecule has 7 nitrogen and oxygen atoms in total. The fraction of sp³-hybridized carbons (Fsp3) is 0.556. The first kappa shape index (κ1) is 13.5. The van der Waals surface area contributed by atoms with Crippen LogP contribution in [0.3, 0.4) is 0 Å². The van der Waals surface area contributed by atoms with Gasteiger partial charge in [-0.05, 0) is 6.42 Å². The largest absolute Gasteiger partial charge is 0.385 e. The third-order valence-electron chi connectivity index (χ3n) is 1.96. The third-order valence-corrected chi connectivity index (χ3v) is 3.29. The molecule has 0 saturated heterocycles. The Morgan fingerprint density at radius 1 is 1.65 bits per heavy atom. The van der Waals surface area contributed by atoms with Crippen LogP contribution in [-0.2, 0) is 21.8 Å². The molecule has 0 fully saturated rings. The highest BCUT2D eigenvalue weighted by atomic mass is 32.2. The van der Waals surface area contributed by atoms with Crippen LogP contribution in [0, 0.1) is 11.3 Å². The maximum atomic E-state index is 11.6. The summed E-state index contributed by atoms with van der Waals surface area (Å²) < 4.78 is 31.7. The molecule has 0 aliphatic carbocycles. The second-order valence-electron chi connectivity index (χ2n) is 3.44. The molecule has 0 spiro atoms. The minimum absolute atomic E-state index is 0.0624. The van der Waals surface area contributed by atoms with Gasteiger partial charge in [-0.1, -0.05) is 0 Å². The lowest BCUT2D eigenvalue weighted by molar-refractivity contribution is 0.199. The second-order valence-corrected chi connectivity index (χ2v) is 5.29. The lowest BCUT2D eigenvalue weighted by Crippen LogP contribution is -2.18. The van der Waals surface area contributed by atoms with Gasteiger partial charge in [-0.15, -0.1) is 0 Å². The van der Waals surface area contributed by atoms with Crippen molar-refractivity contribution in [3.8, 4) is 6.07 Å². The van der Waals surface area contributed by atoms with Gasteiger partial charge in [-0.3, -0.25) is 9.40 Å². The van der Waals surface area contributed by atoms with E-state index in [1.165, 1.54) is 18.0 Å². The number of aromatic nitrogens is 2. The van der Waals surface area contributed by atoms with Gasteiger partial charge in [0, 0.05) is 27.0 Å². The van der Waals surface area contributed by atoms with Gasteiger partial charge in [0.25, 0.3) is 0 Å². The average molecular weight is 258 g/mol. The van der Waals surface area contributed by atoms with E-state index in [2.05, 4.69) is 9.82 Å². The normalized spacial score (nSPS) is 11.1. The van der Waals surface area contributed by atoms with E-state index in [4.69, 9.17) is 10.00 Å². The molecule has 8 heteroatoms. The minimum Gasteiger partial charge on any atom is -0.385 e. The molecule has 1 aromatic rings. The van der Waals surface area contributed by atoms with E-state index in [9.17, 15) is 8.42 Å². The molecule has 0 atom stereocenters. The van der Waals surface area contributed by atoms with Crippen LogP contribution in [0.1, 0.15) is 12.0 Å². The van der Waals surface area contributed by atoms with Gasteiger partial charge in [0.15, 0.2) is 5.82 Å². The van der Waals surface area contributed by atoms with Gasteiger partial charge in [0.05, 0.1) is 5.75 Å². The van der Waals surface area contributed by atoms with Crippen molar-refractivity contribution in [2.24, 2.45) is 7.05 Å². The Labute approximate surface area is 100 Å². The molecule has 1 heterocycles. The van der Waals surface area contributed by atoms with Gasteiger partial charge in [-0.25, -0.2) is 8.42 Å². The number of nitrogens with zero attached hydrogens (tertiary/aromatic N) is 3. The molecule has 0 amide bonds. The summed E-state index contributed by atoms with van der Waals surface area (Å²) in [5.74, 6) is -0.00476. The first-order valence-corrected chi connectivity index (χ1v) is 6.57. The van der Waals surface area contributed by atoms with Gasteiger partial charge < -0.3 is 4.74 Å². The number of ether oxygens (including phenoxy) is 1. The van der Waals surface area contributed by atoms with Gasteiger partial charge in [0.2, 0.25) is 10.0 Å². The number of rotatable bonds is 6. The summed E-state index contributed by atoms with van der Waals surface area (Å²) in [6, 6.07) is 1.87. The van der Waals surface area contributed by atoms with E-state index in [-0.39, 0.29) is 17.1 Å². The predicted octanol–water partition coefficient (Wildman–Crippen LogP) is 0.0700. The smallest absolute Gasteiger partial charge is 0.234 e. The van der Waals surface area contributed by atoms with Crippen molar-refractivity contribution >= 4 is 15.8 Å². The highest BCUT2D eigenvalue weighted by molar-refractivity contribution is 7.92. The SMILES string of the molecule is COCCCS(=O)(=O)Nc1nn(C)cc1C#N. The summed E-state index contributed by atoms with van der Waals surface area (Å²) in [6.45, 7) is 0.369. The summed E-state index contributed by atoms with van der Waals surface area (Å²) >= 11 is 0. The van der Waals surface area contributed by atoms with E-state index >= 15 is 0 Å². The maximum absolute atomic E-state index is 11.6. The molecule has 0 saturated carbocycles. The van der Waals surface area contributed by atoms with E-state index < -0.39 is 10.0 Å². The minimum atomic E-state index is -3.48. The van der Waals surface area contributed by atoms with Crippen molar-refractivity contribution < 1.29 is 13.2 Å². The number of nitriles is 1. The van der Waals surface area contributed by atoms with Crippen molar-refractivity contribution in [2.45, 2.75) is 6.42 Å². The summed E-state index contributed by atoms with van der Waals surface area (Å²) in [5, 5.41) is 12.7. The Morgan fingerprint density at radius 3 is 2.94 bits per heavy atom. The summed E-state index contributed by atoms with van der Waals surface area (Å²) in [4.78, 5) is 0. The number of anilines is 1. The molecule has 17 heavy (non-hydrogen) atoms. The molecular formula is C9H14N4O3S. The first-order valence-electron chi connectivity index (χ1n) is 4.91. The zero-order valence-corrected chi connectivity index (χ0v) is 10.5. The third kappa shape index (κ3) is 4.05. The summed E-state index contributed by atoms with van der Waals surface area (Å²) in [5.41, 5.74) is 0.197. The molecule has 0 unspecified atom stereocenters. The summed E-state index contributed by atoms with van der Waals surface area (Å²) in [7, 11) is -0.362. The van der Waals surface area contributed by atoms with Crippen LogP contribution in [0.25, 0.3) is 0 Å². The number of sulfonamides is 1. The van der Waals surface area contributed by atoms with Gasteiger partial charge in [0.1, 0.15) is 11.6 Å². The van der Waals surface area contributed by atoms with Crippen molar-refractivity contribution in [2.75, 3.05) is 24.2 Å². The standard InChI is InChI=1S/C9H14N4O3S/c1-13-7-8(6-10)9(11-13)12-17(14,15)5-3-4-16-2/h7H,3-5H2,1-2H3,(H,11,12). The van der Waals surface area contributed by atoms with Crippen LogP contribution < -0.4 is 4.72 Å². The zero-order chi connectivity index (χ0) is 12.9. The lowest BCUT2D eigenvalue weighted by atomic mass is 10.4. The van der Waals surface area contributed by atoms with Crippen LogP contribution in [0.5, 0.6) is 0 Å². The average Bonchev–Trinajstić information content (AvgIpc) is 2.58. The van der Waals surface area contributed by atoms with E-state index in [1.54, 1.807) is 7.05 Å². The molecule has 94 valence electrons. The number of hydrogen-bond acceptors (Lipinski definition) is 5. The number of aryl methyl sites for hydroxylation is 1. The van der Waals surface area contributed by atoms with E-state index in [0.717, 1.165) is 0 Å². The highest BCUT2D eigenvalue weighted by Crippen LogP contribution is 2.13. The predicted molar refractivity (Wildman–Crippen MR) is 61.8 cm³/mol. The molecular weight excluding hydrogens is 244 g/mol. The van der Waals surface area contributed by atoms with Crippen molar-refractivity contribution in [3.63, 3.8) is 0 Å². The van der Waals surface area contributed by atoms with Crippen LogP contribution in [-0.4, -0.2) is 37.7 Å². The van der Waals surface area contributed by atoms with Crippen LogP contribution in [0.2, 0.25) is 0 Å². The quantitative estimate of drug-likeness (QED) is 0.728. The molecule has 0 aromatic carbocycles. The molecule has 0 aliphatic heterocycles. The number of methoxy groups -OCH3 is 1. The molecule has 1 rings (SSSR count). The Hall–Kier alpha value is -1.59. The fourth-order valence-electron chi connectivity index (χ4n) is 1.24. The van der Waals surface area contributed by atoms with E-state index in [1.807, 2.05) is 6.07 Å². The fourth-order valence-corrected chi connectivity index (χ4v) is 2.28.